The Labute approximate surface area is 148 Å². The number of nitrogens with zero attached hydrogens (tertiary/aromatic N) is 3. The van der Waals surface area contributed by atoms with Crippen LogP contribution in [0, 0.1) is 0 Å². The molecule has 0 fully saturated rings. The minimum atomic E-state index is -0.300. The summed E-state index contributed by atoms with van der Waals surface area (Å²) in [6.45, 7) is 0. The molecule has 6 nitrogen and oxygen atoms in total. The van der Waals surface area contributed by atoms with E-state index in [0.717, 1.165) is 5.69 Å². The molecule has 3 rings (SSSR count). The number of carbonyl (C=O) groups is 1. The summed E-state index contributed by atoms with van der Waals surface area (Å²) in [4.78, 5) is 12.4. The van der Waals surface area contributed by atoms with E-state index in [9.17, 15) is 9.90 Å². The van der Waals surface area contributed by atoms with Gasteiger partial charge in [-0.2, -0.15) is 15.3 Å². The van der Waals surface area contributed by atoms with E-state index in [2.05, 4.69) is 20.8 Å². The zero-order valence-electron chi connectivity index (χ0n) is 13.0. The van der Waals surface area contributed by atoms with Crippen molar-refractivity contribution >= 4 is 34.8 Å². The van der Waals surface area contributed by atoms with Gasteiger partial charge in [-0.25, -0.2) is 5.43 Å². The van der Waals surface area contributed by atoms with Crippen molar-refractivity contribution in [3.63, 3.8) is 0 Å². The maximum absolute atomic E-state index is 11.8. The quantitative estimate of drug-likeness (QED) is 0.399. The molecule has 0 unspecified atom stereocenters. The normalized spacial score (nSPS) is 11.2. The minimum absolute atomic E-state index is 0.0350. The van der Waals surface area contributed by atoms with Gasteiger partial charge in [0.15, 0.2) is 0 Å². The van der Waals surface area contributed by atoms with Gasteiger partial charge in [0.05, 0.1) is 22.5 Å². The molecule has 2 aromatic carbocycles. The Bertz CT molecular complexity index is 906. The fourth-order valence-electron chi connectivity index (χ4n) is 1.94. The Kier molecular flexibility index (Phi) is 5.28. The fourth-order valence-corrected chi connectivity index (χ4v) is 2.55. The van der Waals surface area contributed by atoms with Gasteiger partial charge in [-0.1, -0.05) is 24.3 Å². The van der Waals surface area contributed by atoms with Crippen molar-refractivity contribution in [3.05, 3.63) is 76.5 Å². The number of benzene rings is 2. The first-order valence-electron chi connectivity index (χ1n) is 7.39. The molecule has 0 aliphatic rings. The molecule has 0 saturated heterocycles. The van der Waals surface area contributed by atoms with Crippen molar-refractivity contribution in [1.82, 2.24) is 5.43 Å². The highest BCUT2D eigenvalue weighted by molar-refractivity contribution is 7.12. The molecule has 3 aromatic rings. The van der Waals surface area contributed by atoms with Crippen molar-refractivity contribution in [2.24, 2.45) is 15.3 Å². The lowest BCUT2D eigenvalue weighted by Gasteiger charge is -2.00. The number of phenolic OH excluding ortho intramolecular Hbond substituents is 1. The molecular formula is C18H14N4O2S. The second-order valence-electron chi connectivity index (χ2n) is 4.96. The summed E-state index contributed by atoms with van der Waals surface area (Å²) in [6, 6.07) is 17.6. The molecule has 2 N–H and O–H groups in total. The average molecular weight is 350 g/mol. The zero-order chi connectivity index (χ0) is 17.5. The van der Waals surface area contributed by atoms with Gasteiger partial charge in [0.2, 0.25) is 0 Å². The SMILES string of the molecule is O=C(N/N=C/c1cc(N=Nc2ccccc2)ccc1O)c1cccs1. The van der Waals surface area contributed by atoms with Crippen LogP contribution < -0.4 is 5.43 Å². The first-order valence-corrected chi connectivity index (χ1v) is 8.27. The molecule has 7 heteroatoms. The molecule has 0 saturated carbocycles. The molecule has 1 amide bonds. The molecule has 0 spiro atoms. The predicted molar refractivity (Wildman–Crippen MR) is 98.1 cm³/mol. The second kappa shape index (κ2) is 7.98. The van der Waals surface area contributed by atoms with Gasteiger partial charge in [-0.05, 0) is 41.8 Å². The number of hydrazone groups is 1. The smallest absolute Gasteiger partial charge is 0.281 e. The summed E-state index contributed by atoms with van der Waals surface area (Å²) in [7, 11) is 0. The lowest BCUT2D eigenvalue weighted by molar-refractivity contribution is 0.0959. The van der Waals surface area contributed by atoms with Crippen molar-refractivity contribution in [3.8, 4) is 5.75 Å². The third-order valence-corrected chi connectivity index (χ3v) is 4.03. The number of hydrogen-bond donors (Lipinski definition) is 2. The Morgan fingerprint density at radius 1 is 1.00 bits per heavy atom. The van der Waals surface area contributed by atoms with Crippen LogP contribution in [0.4, 0.5) is 11.4 Å². The summed E-state index contributed by atoms with van der Waals surface area (Å²) in [5.41, 5.74) is 4.13. The number of phenols is 1. The van der Waals surface area contributed by atoms with Gasteiger partial charge in [-0.15, -0.1) is 11.3 Å². The molecule has 0 aliphatic carbocycles. The summed E-state index contributed by atoms with van der Waals surface area (Å²) >= 11 is 1.32. The minimum Gasteiger partial charge on any atom is -0.507 e. The van der Waals surface area contributed by atoms with E-state index in [1.807, 2.05) is 35.7 Å². The van der Waals surface area contributed by atoms with Crippen LogP contribution in [0.2, 0.25) is 0 Å². The Balaban J connectivity index is 1.70. The van der Waals surface area contributed by atoms with Crippen LogP contribution in [0.5, 0.6) is 5.75 Å². The zero-order valence-corrected chi connectivity index (χ0v) is 13.9. The number of hydrogen-bond acceptors (Lipinski definition) is 6. The van der Waals surface area contributed by atoms with E-state index in [0.29, 0.717) is 16.1 Å². The summed E-state index contributed by atoms with van der Waals surface area (Å²) in [6.07, 6.45) is 1.36. The first kappa shape index (κ1) is 16.5. The number of rotatable bonds is 5. The molecule has 0 radical (unpaired) electrons. The highest BCUT2D eigenvalue weighted by Gasteiger charge is 2.05. The molecule has 0 aliphatic heterocycles. The van der Waals surface area contributed by atoms with Crippen LogP contribution in [0.1, 0.15) is 15.2 Å². The van der Waals surface area contributed by atoms with Gasteiger partial charge in [0, 0.05) is 5.56 Å². The fraction of sp³-hybridized carbons (Fsp3) is 0. The van der Waals surface area contributed by atoms with Gasteiger partial charge in [0.25, 0.3) is 5.91 Å². The monoisotopic (exact) mass is 350 g/mol. The van der Waals surface area contributed by atoms with Crippen molar-refractivity contribution in [2.75, 3.05) is 0 Å². The molecule has 1 heterocycles. The molecule has 0 bridgehead atoms. The first-order chi connectivity index (χ1) is 12.2. The largest absolute Gasteiger partial charge is 0.507 e. The second-order valence-corrected chi connectivity index (χ2v) is 5.90. The molecular weight excluding hydrogens is 336 g/mol. The maximum atomic E-state index is 11.8. The number of carbonyl (C=O) groups excluding carboxylic acids is 1. The van der Waals surface area contributed by atoms with Crippen molar-refractivity contribution in [1.29, 1.82) is 0 Å². The number of thiophene rings is 1. The highest BCUT2D eigenvalue weighted by atomic mass is 32.1. The van der Waals surface area contributed by atoms with E-state index in [4.69, 9.17) is 0 Å². The number of amides is 1. The summed E-state index contributed by atoms with van der Waals surface area (Å²) in [5.74, 6) is -0.265. The van der Waals surface area contributed by atoms with E-state index < -0.39 is 0 Å². The Morgan fingerprint density at radius 3 is 2.56 bits per heavy atom. The molecule has 25 heavy (non-hydrogen) atoms. The van der Waals surface area contributed by atoms with E-state index in [1.54, 1.807) is 24.3 Å². The maximum Gasteiger partial charge on any atom is 0.281 e. The molecule has 1 aromatic heterocycles. The topological polar surface area (TPSA) is 86.4 Å². The van der Waals surface area contributed by atoms with Crippen LogP contribution in [-0.2, 0) is 0 Å². The third kappa shape index (κ3) is 4.58. The molecule has 0 atom stereocenters. The number of azo groups is 1. The lowest BCUT2D eigenvalue weighted by Crippen LogP contribution is -2.16. The average Bonchev–Trinajstić information content (AvgIpc) is 3.18. The predicted octanol–water partition coefficient (Wildman–Crippen LogP) is 4.63. The van der Waals surface area contributed by atoms with Gasteiger partial charge in [-0.3, -0.25) is 4.79 Å². The van der Waals surface area contributed by atoms with E-state index in [-0.39, 0.29) is 11.7 Å². The Morgan fingerprint density at radius 2 is 1.80 bits per heavy atom. The molecule has 124 valence electrons. The van der Waals surface area contributed by atoms with Crippen LogP contribution in [-0.4, -0.2) is 17.2 Å². The summed E-state index contributed by atoms with van der Waals surface area (Å²) < 4.78 is 0. The van der Waals surface area contributed by atoms with E-state index in [1.165, 1.54) is 23.6 Å². The van der Waals surface area contributed by atoms with Gasteiger partial charge in [0.1, 0.15) is 5.75 Å². The van der Waals surface area contributed by atoms with Crippen LogP contribution in [0.25, 0.3) is 0 Å². The number of aromatic hydroxyl groups is 1. The standard InChI is InChI=1S/C18H14N4O2S/c23-16-9-8-15(21-20-14-5-2-1-3-6-14)11-13(16)12-19-22-18(24)17-7-4-10-25-17/h1-12,23H,(H,22,24)/b19-12+,21-20?. The van der Waals surface area contributed by atoms with Crippen LogP contribution >= 0.6 is 11.3 Å². The summed E-state index contributed by atoms with van der Waals surface area (Å²) in [5, 5.41) is 23.8. The van der Waals surface area contributed by atoms with E-state index >= 15 is 0 Å². The van der Waals surface area contributed by atoms with Gasteiger partial charge >= 0.3 is 0 Å². The lowest BCUT2D eigenvalue weighted by atomic mass is 10.2. The van der Waals surface area contributed by atoms with Gasteiger partial charge < -0.3 is 5.11 Å². The van der Waals surface area contributed by atoms with Crippen LogP contribution in [0.3, 0.4) is 0 Å². The van der Waals surface area contributed by atoms with Crippen molar-refractivity contribution in [2.45, 2.75) is 0 Å². The third-order valence-electron chi connectivity index (χ3n) is 3.16. The number of nitrogens with one attached hydrogen (secondary N) is 1. The van der Waals surface area contributed by atoms with Crippen molar-refractivity contribution < 1.29 is 9.90 Å². The highest BCUT2D eigenvalue weighted by Crippen LogP contribution is 2.24. The Hall–Kier alpha value is -3.32. The van der Waals surface area contributed by atoms with Crippen LogP contribution in [0.15, 0.2) is 81.4 Å².